The summed E-state index contributed by atoms with van der Waals surface area (Å²) in [4.78, 5) is 9.62. The zero-order valence-corrected chi connectivity index (χ0v) is 7.17. The van der Waals surface area contributed by atoms with Crippen LogP contribution in [0.5, 0.6) is 0 Å². The van der Waals surface area contributed by atoms with Crippen LogP contribution >= 0.6 is 34.8 Å². The van der Waals surface area contributed by atoms with Crippen molar-refractivity contribution in [2.45, 2.75) is 3.79 Å². The third-order valence-corrected chi connectivity index (χ3v) is 0.728. The summed E-state index contributed by atoms with van der Waals surface area (Å²) >= 11 is 14.4. The van der Waals surface area contributed by atoms with Gasteiger partial charge < -0.3 is 5.11 Å². The Hall–Kier alpha value is 1.57. The molecule has 0 aliphatic rings. The van der Waals surface area contributed by atoms with Gasteiger partial charge in [-0.2, -0.15) is 0 Å². The summed E-state index contributed by atoms with van der Waals surface area (Å²) in [5, 5.41) is 7.85. The molecule has 57 valence electrons. The number of hydrogen-bond donors (Lipinski definition) is 1. The number of rotatable bonds is 0. The van der Waals surface area contributed by atoms with E-state index in [1.807, 2.05) is 0 Å². The van der Waals surface area contributed by atoms with E-state index in [9.17, 15) is 4.79 Å². The van der Waals surface area contributed by atoms with E-state index in [4.69, 9.17) is 39.9 Å². The Morgan fingerprint density at radius 1 is 1.38 bits per heavy atom. The largest absolute Gasteiger partial charge is 0.478 e. The molecule has 0 aliphatic carbocycles. The fraction of sp³-hybridized carbons (Fsp3) is 0.500. The molecular formula is C2HCl3LuO2. The van der Waals surface area contributed by atoms with E-state index in [0.29, 0.717) is 0 Å². The van der Waals surface area contributed by atoms with Gasteiger partial charge in [-0.15, -0.1) is 0 Å². The standard InChI is InChI=1S/C2HCl3O2.Lu/c3-2(4,5)1(6)7;/h(H,6,7);. The van der Waals surface area contributed by atoms with Crippen LogP contribution in [-0.4, -0.2) is 14.9 Å². The molecule has 0 aromatic rings. The minimum absolute atomic E-state index is 0. The van der Waals surface area contributed by atoms with E-state index in [2.05, 4.69) is 0 Å². The topological polar surface area (TPSA) is 37.3 Å². The van der Waals surface area contributed by atoms with Crippen LogP contribution in [0.25, 0.3) is 0 Å². The van der Waals surface area contributed by atoms with Gasteiger partial charge in [0.15, 0.2) is 0 Å². The summed E-state index contributed by atoms with van der Waals surface area (Å²) in [7, 11) is 0. The molecule has 0 bridgehead atoms. The molecule has 0 aromatic heterocycles. The molecule has 0 rings (SSSR count). The van der Waals surface area contributed by atoms with E-state index in [-0.39, 0.29) is 36.9 Å². The first-order chi connectivity index (χ1) is 2.94. The first-order valence-electron chi connectivity index (χ1n) is 1.24. The maximum atomic E-state index is 9.62. The average Bonchev–Trinajstić information content (AvgIpc) is 1.31. The molecule has 0 saturated heterocycles. The quantitative estimate of drug-likeness (QED) is 0.679. The number of alkyl halides is 3. The summed E-state index contributed by atoms with van der Waals surface area (Å²) in [5.74, 6) is -1.46. The third kappa shape index (κ3) is 5.71. The molecule has 6 heteroatoms. The molecule has 1 N–H and O–H groups in total. The van der Waals surface area contributed by atoms with Gasteiger partial charge in [-0.05, 0) is 0 Å². The minimum Gasteiger partial charge on any atom is -0.478 e. The smallest absolute Gasteiger partial charge is 0.356 e. The van der Waals surface area contributed by atoms with Crippen molar-refractivity contribution in [3.63, 3.8) is 0 Å². The fourth-order valence-electron chi connectivity index (χ4n) is 0. The maximum Gasteiger partial charge on any atom is 0.356 e. The Bertz CT molecular complexity index is 87.8. The van der Waals surface area contributed by atoms with Gasteiger partial charge in [0.1, 0.15) is 0 Å². The van der Waals surface area contributed by atoms with Gasteiger partial charge in [0, 0.05) is 36.9 Å². The molecule has 0 saturated carbocycles. The molecule has 0 aliphatic heterocycles. The Labute approximate surface area is 90.3 Å². The third-order valence-electron chi connectivity index (χ3n) is 0.243. The van der Waals surface area contributed by atoms with E-state index in [0.717, 1.165) is 0 Å². The van der Waals surface area contributed by atoms with Crippen LogP contribution in [0.1, 0.15) is 0 Å². The van der Waals surface area contributed by atoms with Crippen molar-refractivity contribution >= 4 is 40.8 Å². The molecule has 2 nitrogen and oxygen atoms in total. The van der Waals surface area contributed by atoms with Gasteiger partial charge in [-0.3, -0.25) is 0 Å². The molecule has 0 heterocycles. The molecule has 0 unspecified atom stereocenters. The summed E-state index contributed by atoms with van der Waals surface area (Å²) in [6.07, 6.45) is 0. The number of halogens is 3. The van der Waals surface area contributed by atoms with Crippen molar-refractivity contribution in [1.82, 2.24) is 0 Å². The van der Waals surface area contributed by atoms with Gasteiger partial charge in [-0.1, -0.05) is 34.8 Å². The molecule has 0 aromatic carbocycles. The van der Waals surface area contributed by atoms with Crippen molar-refractivity contribution in [2.24, 2.45) is 0 Å². The van der Waals surface area contributed by atoms with Gasteiger partial charge in [0.05, 0.1) is 0 Å². The predicted octanol–water partition coefficient (Wildman–Crippen LogP) is 1.44. The van der Waals surface area contributed by atoms with E-state index >= 15 is 0 Å². The SMILES string of the molecule is O=C(O)C(Cl)(Cl)Cl.[Lu]. The zero-order chi connectivity index (χ0) is 6.08. The van der Waals surface area contributed by atoms with Crippen molar-refractivity contribution in [2.75, 3.05) is 0 Å². The molecular weight excluding hydrogens is 337 g/mol. The van der Waals surface area contributed by atoms with Gasteiger partial charge >= 0.3 is 5.97 Å². The Balaban J connectivity index is 0. The van der Waals surface area contributed by atoms with Crippen LogP contribution in [0.15, 0.2) is 0 Å². The van der Waals surface area contributed by atoms with Crippen LogP contribution in [0.4, 0.5) is 0 Å². The van der Waals surface area contributed by atoms with Gasteiger partial charge in [-0.25, -0.2) is 4.79 Å². The molecule has 0 spiro atoms. The average molecular weight is 338 g/mol. The molecule has 0 fully saturated rings. The second-order valence-electron chi connectivity index (χ2n) is 0.803. The number of carbonyl (C=O) groups is 1. The van der Waals surface area contributed by atoms with Gasteiger partial charge in [0.2, 0.25) is 0 Å². The van der Waals surface area contributed by atoms with Crippen molar-refractivity contribution < 1.29 is 46.8 Å². The van der Waals surface area contributed by atoms with E-state index in [1.54, 1.807) is 0 Å². The normalized spacial score (nSPS) is 9.88. The van der Waals surface area contributed by atoms with Crippen molar-refractivity contribution in [1.29, 1.82) is 0 Å². The monoisotopic (exact) mass is 337 g/mol. The fourth-order valence-corrected chi connectivity index (χ4v) is 0. The number of carboxylic acids is 1. The van der Waals surface area contributed by atoms with Gasteiger partial charge in [0.25, 0.3) is 3.79 Å². The summed E-state index contributed by atoms with van der Waals surface area (Å²) in [5.41, 5.74) is 0. The molecule has 0 atom stereocenters. The Kier molecular flexibility index (Phi) is 6.75. The first kappa shape index (κ1) is 12.3. The number of carboxylic acid groups (broad SMARTS) is 1. The summed E-state index contributed by atoms with van der Waals surface area (Å²) < 4.78 is -2.17. The molecule has 0 amide bonds. The zero-order valence-electron chi connectivity index (χ0n) is 3.25. The van der Waals surface area contributed by atoms with E-state index in [1.165, 1.54) is 0 Å². The number of hydrogen-bond acceptors (Lipinski definition) is 1. The maximum absolute atomic E-state index is 9.62. The second kappa shape index (κ2) is 4.40. The Morgan fingerprint density at radius 3 is 1.50 bits per heavy atom. The first-order valence-corrected chi connectivity index (χ1v) is 2.38. The molecule has 8 heavy (non-hydrogen) atoms. The van der Waals surface area contributed by atoms with Crippen LogP contribution in [0.3, 0.4) is 0 Å². The second-order valence-corrected chi connectivity index (χ2v) is 3.08. The van der Waals surface area contributed by atoms with Crippen LogP contribution in [0.2, 0.25) is 0 Å². The minimum atomic E-state index is -2.17. The molecule has 1 radical (unpaired) electrons. The Morgan fingerprint density at radius 2 is 1.50 bits per heavy atom. The summed E-state index contributed by atoms with van der Waals surface area (Å²) in [6, 6.07) is 0. The number of aliphatic carboxylic acids is 1. The van der Waals surface area contributed by atoms with Crippen LogP contribution in [0, 0.1) is 36.9 Å². The van der Waals surface area contributed by atoms with Crippen LogP contribution in [-0.2, 0) is 4.79 Å². The summed E-state index contributed by atoms with van der Waals surface area (Å²) in [6.45, 7) is 0. The van der Waals surface area contributed by atoms with Crippen LogP contribution < -0.4 is 0 Å². The predicted molar refractivity (Wildman–Crippen MR) is 27.9 cm³/mol. The van der Waals surface area contributed by atoms with E-state index < -0.39 is 9.76 Å². The van der Waals surface area contributed by atoms with Crippen molar-refractivity contribution in [3.8, 4) is 0 Å². The van der Waals surface area contributed by atoms with Crippen molar-refractivity contribution in [3.05, 3.63) is 0 Å².